The Labute approximate surface area is 110 Å². The lowest BCUT2D eigenvalue weighted by Crippen LogP contribution is -2.61. The molecular formula is C11H14ClN4O2+. The Hall–Kier alpha value is -1.24. The van der Waals surface area contributed by atoms with Gasteiger partial charge in [0.25, 0.3) is 0 Å². The van der Waals surface area contributed by atoms with Crippen LogP contribution in [0.15, 0.2) is 18.3 Å². The first-order chi connectivity index (χ1) is 8.54. The summed E-state index contributed by atoms with van der Waals surface area (Å²) in [5, 5.41) is 11.3. The monoisotopic (exact) mass is 269 g/mol. The quantitative estimate of drug-likeness (QED) is 0.363. The minimum absolute atomic E-state index is 0.137. The van der Waals surface area contributed by atoms with E-state index in [9.17, 15) is 15.8 Å². The zero-order chi connectivity index (χ0) is 13.2. The molecule has 0 N–H and O–H groups in total. The van der Waals surface area contributed by atoms with Gasteiger partial charge in [-0.25, -0.2) is 15.1 Å². The maximum atomic E-state index is 11.3. The lowest BCUT2D eigenvalue weighted by atomic mass is 10.1. The van der Waals surface area contributed by atoms with Crippen LogP contribution in [0.3, 0.4) is 0 Å². The molecule has 7 heteroatoms. The number of pyridine rings is 1. The average Bonchev–Trinajstić information content (AvgIpc) is 2.35. The normalized spacial score (nSPS) is 28.0. The molecule has 0 bridgehead atoms. The van der Waals surface area contributed by atoms with E-state index < -0.39 is 15.8 Å². The highest BCUT2D eigenvalue weighted by Gasteiger charge is 2.49. The fourth-order valence-electron chi connectivity index (χ4n) is 2.35. The highest BCUT2D eigenvalue weighted by atomic mass is 35.5. The van der Waals surface area contributed by atoms with E-state index in [0.717, 1.165) is 12.8 Å². The zero-order valence-corrected chi connectivity index (χ0v) is 10.6. The van der Waals surface area contributed by atoms with Gasteiger partial charge in [0.05, 0.1) is 0 Å². The van der Waals surface area contributed by atoms with E-state index in [-0.39, 0.29) is 6.54 Å². The van der Waals surface area contributed by atoms with Crippen LogP contribution < -0.4 is 5.73 Å². The first-order valence-corrected chi connectivity index (χ1v) is 6.22. The number of halogens is 1. The Morgan fingerprint density at radius 3 is 2.89 bits per heavy atom. The van der Waals surface area contributed by atoms with Crippen molar-refractivity contribution in [2.24, 2.45) is 0 Å². The van der Waals surface area contributed by atoms with Gasteiger partial charge in [0, 0.05) is 24.6 Å². The molecule has 0 saturated carbocycles. The predicted molar refractivity (Wildman–Crippen MR) is 64.8 cm³/mol. The van der Waals surface area contributed by atoms with Crippen molar-refractivity contribution < 1.29 is 9.62 Å². The van der Waals surface area contributed by atoms with Crippen molar-refractivity contribution in [2.45, 2.75) is 32.0 Å². The van der Waals surface area contributed by atoms with E-state index >= 15 is 0 Å². The second-order valence-electron chi connectivity index (χ2n) is 4.57. The van der Waals surface area contributed by atoms with E-state index in [1.165, 1.54) is 6.20 Å². The molecule has 1 aromatic heterocycles. The summed E-state index contributed by atoms with van der Waals surface area (Å²) in [4.78, 5) is 15.2. The molecule has 18 heavy (non-hydrogen) atoms. The minimum atomic E-state index is -0.954. The largest absolute Gasteiger partial charge is 0.244 e. The molecule has 2 radical (unpaired) electrons. The van der Waals surface area contributed by atoms with Crippen LogP contribution in [0.25, 0.3) is 0 Å². The lowest BCUT2D eigenvalue weighted by molar-refractivity contribution is -1.34. The van der Waals surface area contributed by atoms with E-state index in [2.05, 4.69) is 4.98 Å². The van der Waals surface area contributed by atoms with Crippen LogP contribution in [0.5, 0.6) is 0 Å². The van der Waals surface area contributed by atoms with Crippen molar-refractivity contribution in [3.63, 3.8) is 0 Å². The third-order valence-electron chi connectivity index (χ3n) is 3.38. The summed E-state index contributed by atoms with van der Waals surface area (Å²) in [6, 6.07) is 3.31. The summed E-state index contributed by atoms with van der Waals surface area (Å²) >= 11 is 5.68. The third kappa shape index (κ3) is 2.45. The second-order valence-corrected chi connectivity index (χ2v) is 4.96. The number of nitrogens with zero attached hydrogens (tertiary/aromatic N) is 4. The van der Waals surface area contributed by atoms with Crippen LogP contribution in [-0.2, 0) is 6.54 Å². The summed E-state index contributed by atoms with van der Waals surface area (Å²) in [7, 11) is 0. The number of hydrogen-bond donors (Lipinski definition) is 0. The van der Waals surface area contributed by atoms with Gasteiger partial charge in [0.1, 0.15) is 11.7 Å². The van der Waals surface area contributed by atoms with Crippen molar-refractivity contribution >= 4 is 11.6 Å². The Bertz CT molecular complexity index is 439. The molecule has 0 aliphatic carbocycles. The van der Waals surface area contributed by atoms with Crippen molar-refractivity contribution in [1.29, 1.82) is 0 Å². The van der Waals surface area contributed by atoms with Crippen LogP contribution in [0, 0.1) is 10.1 Å². The van der Waals surface area contributed by atoms with Gasteiger partial charge in [-0.15, -0.1) is 0 Å². The molecule has 2 atom stereocenters. The molecule has 1 fully saturated rings. The van der Waals surface area contributed by atoms with Gasteiger partial charge in [-0.05, 0) is 23.1 Å². The van der Waals surface area contributed by atoms with Crippen molar-refractivity contribution in [3.05, 3.63) is 39.2 Å². The number of likely N-dealkylation sites (tertiary alicyclic amines) is 1. The van der Waals surface area contributed by atoms with Crippen molar-refractivity contribution in [1.82, 2.24) is 10.7 Å². The van der Waals surface area contributed by atoms with Gasteiger partial charge in [-0.3, -0.25) is 0 Å². The molecule has 1 aromatic rings. The summed E-state index contributed by atoms with van der Waals surface area (Å²) in [5.41, 5.74) is 10.7. The number of rotatable bonds is 3. The smallest absolute Gasteiger partial charge is 0.239 e. The summed E-state index contributed by atoms with van der Waals surface area (Å²) < 4.78 is -0.524. The Morgan fingerprint density at radius 1 is 1.56 bits per heavy atom. The van der Waals surface area contributed by atoms with Gasteiger partial charge >= 0.3 is 0 Å². The summed E-state index contributed by atoms with van der Waals surface area (Å²) in [6.07, 6.45) is 2.60. The van der Waals surface area contributed by atoms with Crippen molar-refractivity contribution in [3.8, 4) is 0 Å². The van der Waals surface area contributed by atoms with Gasteiger partial charge in [-0.2, -0.15) is 0 Å². The molecule has 1 saturated heterocycles. The third-order valence-corrected chi connectivity index (χ3v) is 3.61. The molecule has 1 aliphatic rings. The highest BCUT2D eigenvalue weighted by Crippen LogP contribution is 2.27. The molecule has 0 aromatic carbocycles. The fourth-order valence-corrected chi connectivity index (χ4v) is 2.46. The van der Waals surface area contributed by atoms with E-state index in [0.29, 0.717) is 23.7 Å². The Balaban J connectivity index is 2.25. The molecular weight excluding hydrogens is 256 g/mol. The molecule has 2 heterocycles. The van der Waals surface area contributed by atoms with Gasteiger partial charge in [0.15, 0.2) is 6.54 Å². The fraction of sp³-hybridized carbons (Fsp3) is 0.545. The number of nitro groups is 1. The molecule has 0 spiro atoms. The van der Waals surface area contributed by atoms with Crippen LogP contribution in [0.1, 0.15) is 24.8 Å². The second kappa shape index (κ2) is 5.17. The molecule has 96 valence electrons. The number of quaternary nitrogens is 1. The van der Waals surface area contributed by atoms with Crippen LogP contribution in [0.2, 0.25) is 5.15 Å². The van der Waals surface area contributed by atoms with Crippen molar-refractivity contribution in [2.75, 3.05) is 6.54 Å². The van der Waals surface area contributed by atoms with Gasteiger partial charge < -0.3 is 0 Å². The minimum Gasteiger partial charge on any atom is -0.244 e. The average molecular weight is 270 g/mol. The van der Waals surface area contributed by atoms with Crippen LogP contribution >= 0.6 is 11.6 Å². The van der Waals surface area contributed by atoms with Gasteiger partial charge in [0.2, 0.25) is 11.2 Å². The van der Waals surface area contributed by atoms with Crippen LogP contribution in [-0.4, -0.2) is 27.3 Å². The van der Waals surface area contributed by atoms with E-state index in [4.69, 9.17) is 11.6 Å². The number of aromatic nitrogens is 1. The van der Waals surface area contributed by atoms with Crippen LogP contribution in [0.4, 0.5) is 0 Å². The Morgan fingerprint density at radius 2 is 2.33 bits per heavy atom. The van der Waals surface area contributed by atoms with E-state index in [1.807, 2.05) is 0 Å². The van der Waals surface area contributed by atoms with Gasteiger partial charge in [-0.1, -0.05) is 17.3 Å². The first kappa shape index (κ1) is 13.2. The SMILES string of the molecule is [N]C1CCCC[N+]1(Cc1ccc(Cl)nc1)[N+](=O)[O-]. The first-order valence-electron chi connectivity index (χ1n) is 5.85. The van der Waals surface area contributed by atoms with E-state index in [1.54, 1.807) is 12.1 Å². The summed E-state index contributed by atoms with van der Waals surface area (Å²) in [5.74, 6) is 0. The molecule has 2 rings (SSSR count). The molecule has 2 unspecified atom stereocenters. The highest BCUT2D eigenvalue weighted by molar-refractivity contribution is 6.29. The lowest BCUT2D eigenvalue weighted by Gasteiger charge is -2.33. The molecule has 6 nitrogen and oxygen atoms in total. The standard InChI is InChI=1S/C11H14ClN4O2/c12-10-5-4-9(7-14-10)8-16(15(17)18)6-2-1-3-11(16)13/h4-5,7,11H,1-3,6,8H2/q+1. The Kier molecular flexibility index (Phi) is 3.79. The number of hydrogen-bond acceptors (Lipinski definition) is 3. The topological polar surface area (TPSA) is 78.3 Å². The maximum Gasteiger partial charge on any atom is 0.239 e. The molecule has 0 amide bonds. The maximum absolute atomic E-state index is 11.3. The zero-order valence-electron chi connectivity index (χ0n) is 9.83. The summed E-state index contributed by atoms with van der Waals surface area (Å²) in [6.45, 7) is 0.481. The number of piperidine rings is 1. The molecule has 1 aliphatic heterocycles. The predicted octanol–water partition coefficient (Wildman–Crippen LogP) is 1.82.